The van der Waals surface area contributed by atoms with Crippen LogP contribution < -0.4 is 10.1 Å². The van der Waals surface area contributed by atoms with Gasteiger partial charge in [0.15, 0.2) is 6.10 Å². The zero-order chi connectivity index (χ0) is 17.7. The van der Waals surface area contributed by atoms with Crippen LogP contribution in [0.25, 0.3) is 0 Å². The van der Waals surface area contributed by atoms with E-state index in [-0.39, 0.29) is 5.69 Å². The number of hydrogen-bond donors (Lipinski definition) is 1. The van der Waals surface area contributed by atoms with E-state index in [1.54, 1.807) is 19.1 Å². The number of amides is 1. The quantitative estimate of drug-likeness (QED) is 0.850. The topological polar surface area (TPSA) is 38.3 Å². The van der Waals surface area contributed by atoms with Crippen molar-refractivity contribution in [2.45, 2.75) is 32.5 Å². The number of hydrogen-bond acceptors (Lipinski definition) is 2. The first-order chi connectivity index (χ1) is 11.3. The minimum atomic E-state index is -4.54. The normalized spacial score (nSPS) is 12.5. The van der Waals surface area contributed by atoms with Crippen molar-refractivity contribution in [1.82, 2.24) is 0 Å². The second kappa shape index (κ2) is 7.38. The molecule has 0 bridgehead atoms. The van der Waals surface area contributed by atoms with Crippen LogP contribution in [-0.4, -0.2) is 12.0 Å². The summed E-state index contributed by atoms with van der Waals surface area (Å²) in [5.74, 6) is -0.0824. The Labute approximate surface area is 138 Å². The zero-order valence-corrected chi connectivity index (χ0v) is 13.4. The van der Waals surface area contributed by atoms with E-state index in [9.17, 15) is 18.0 Å². The fraction of sp³-hybridized carbons (Fsp3) is 0.278. The minimum absolute atomic E-state index is 0.276. The number of para-hydroxylation sites is 2. The van der Waals surface area contributed by atoms with E-state index < -0.39 is 23.8 Å². The number of halogens is 3. The lowest BCUT2D eigenvalue weighted by molar-refractivity contribution is -0.137. The number of nitrogens with one attached hydrogen (secondary N) is 1. The maximum atomic E-state index is 13.0. The minimum Gasteiger partial charge on any atom is -0.480 e. The number of anilines is 1. The number of carbonyl (C=O) groups excluding carboxylic acids is 1. The van der Waals surface area contributed by atoms with Crippen molar-refractivity contribution in [2.24, 2.45) is 0 Å². The summed E-state index contributed by atoms with van der Waals surface area (Å²) < 4.78 is 44.7. The van der Waals surface area contributed by atoms with Gasteiger partial charge in [-0.25, -0.2) is 0 Å². The van der Waals surface area contributed by atoms with E-state index in [2.05, 4.69) is 5.32 Å². The second-order valence-corrected chi connectivity index (χ2v) is 5.31. The summed E-state index contributed by atoms with van der Waals surface area (Å²) in [6.07, 6.45) is -5.09. The number of rotatable bonds is 5. The Hall–Kier alpha value is -2.50. The number of benzene rings is 2. The van der Waals surface area contributed by atoms with Crippen LogP contribution in [0, 0.1) is 6.92 Å². The van der Waals surface area contributed by atoms with Crippen LogP contribution >= 0.6 is 0 Å². The Kier molecular flexibility index (Phi) is 5.49. The number of alkyl halides is 3. The van der Waals surface area contributed by atoms with Gasteiger partial charge in [0.25, 0.3) is 5.91 Å². The number of ether oxygens (including phenoxy) is 1. The molecule has 0 aromatic heterocycles. The van der Waals surface area contributed by atoms with Gasteiger partial charge in [-0.15, -0.1) is 0 Å². The van der Waals surface area contributed by atoms with Crippen LogP contribution in [0.4, 0.5) is 18.9 Å². The van der Waals surface area contributed by atoms with Crippen molar-refractivity contribution in [1.29, 1.82) is 0 Å². The lowest BCUT2D eigenvalue weighted by Crippen LogP contribution is -2.33. The fourth-order valence-corrected chi connectivity index (χ4v) is 2.22. The van der Waals surface area contributed by atoms with Gasteiger partial charge in [-0.1, -0.05) is 37.3 Å². The largest absolute Gasteiger partial charge is 0.480 e. The van der Waals surface area contributed by atoms with E-state index in [4.69, 9.17) is 4.74 Å². The Bertz CT molecular complexity index is 713. The van der Waals surface area contributed by atoms with Crippen LogP contribution in [0.1, 0.15) is 24.5 Å². The third-order valence-corrected chi connectivity index (χ3v) is 3.52. The Morgan fingerprint density at radius 1 is 1.12 bits per heavy atom. The molecule has 0 saturated heterocycles. The Morgan fingerprint density at radius 2 is 1.75 bits per heavy atom. The fourth-order valence-electron chi connectivity index (χ4n) is 2.22. The molecule has 2 rings (SSSR count). The first-order valence-electron chi connectivity index (χ1n) is 7.52. The average Bonchev–Trinajstić information content (AvgIpc) is 2.53. The number of carbonyl (C=O) groups is 1. The molecule has 0 spiro atoms. The zero-order valence-electron chi connectivity index (χ0n) is 13.4. The maximum Gasteiger partial charge on any atom is 0.418 e. The molecule has 1 amide bonds. The summed E-state index contributed by atoms with van der Waals surface area (Å²) in [7, 11) is 0. The molecule has 2 aromatic rings. The van der Waals surface area contributed by atoms with Gasteiger partial charge in [0.2, 0.25) is 0 Å². The molecule has 2 aromatic carbocycles. The highest BCUT2D eigenvalue weighted by molar-refractivity contribution is 5.95. The Morgan fingerprint density at radius 3 is 2.38 bits per heavy atom. The summed E-state index contributed by atoms with van der Waals surface area (Å²) in [5, 5.41) is 2.32. The molecule has 1 N–H and O–H groups in total. The SMILES string of the molecule is CC[C@@H](Oc1ccccc1C)C(=O)Nc1ccccc1C(F)(F)F. The average molecular weight is 337 g/mol. The highest BCUT2D eigenvalue weighted by atomic mass is 19.4. The van der Waals surface area contributed by atoms with E-state index in [0.29, 0.717) is 12.2 Å². The summed E-state index contributed by atoms with van der Waals surface area (Å²) in [6.45, 7) is 3.57. The second-order valence-electron chi connectivity index (χ2n) is 5.31. The maximum absolute atomic E-state index is 13.0. The molecule has 1 atom stereocenters. The Balaban J connectivity index is 2.18. The third kappa shape index (κ3) is 4.28. The van der Waals surface area contributed by atoms with Crippen molar-refractivity contribution >= 4 is 11.6 Å². The van der Waals surface area contributed by atoms with Crippen LogP contribution in [0.15, 0.2) is 48.5 Å². The first-order valence-corrected chi connectivity index (χ1v) is 7.52. The van der Waals surface area contributed by atoms with Crippen LogP contribution in [0.3, 0.4) is 0 Å². The monoisotopic (exact) mass is 337 g/mol. The molecule has 0 aliphatic rings. The third-order valence-electron chi connectivity index (χ3n) is 3.52. The van der Waals surface area contributed by atoms with Gasteiger partial charge in [-0.2, -0.15) is 13.2 Å². The van der Waals surface area contributed by atoms with E-state index >= 15 is 0 Å². The van der Waals surface area contributed by atoms with Crippen molar-refractivity contribution < 1.29 is 22.7 Å². The molecule has 0 saturated carbocycles. The van der Waals surface area contributed by atoms with Gasteiger partial charge >= 0.3 is 6.18 Å². The summed E-state index contributed by atoms with van der Waals surface area (Å²) in [4.78, 5) is 12.3. The predicted octanol–water partition coefficient (Wildman–Crippen LogP) is 4.81. The van der Waals surface area contributed by atoms with Gasteiger partial charge in [0.1, 0.15) is 5.75 Å². The van der Waals surface area contributed by atoms with E-state index in [0.717, 1.165) is 11.6 Å². The molecule has 6 heteroatoms. The van der Waals surface area contributed by atoms with Crippen LogP contribution in [0.2, 0.25) is 0 Å². The summed E-state index contributed by atoms with van der Waals surface area (Å²) in [6, 6.07) is 12.0. The molecule has 0 aliphatic carbocycles. The van der Waals surface area contributed by atoms with Gasteiger partial charge in [0, 0.05) is 0 Å². The van der Waals surface area contributed by atoms with Crippen molar-refractivity contribution in [3.05, 3.63) is 59.7 Å². The lowest BCUT2D eigenvalue weighted by atomic mass is 10.1. The molecule has 0 radical (unpaired) electrons. The standard InChI is InChI=1S/C18H18F3NO2/c1-3-15(24-16-11-7-4-8-12(16)2)17(23)22-14-10-6-5-9-13(14)18(19,20)21/h4-11,15H,3H2,1-2H3,(H,22,23)/t15-/m1/s1. The molecule has 0 heterocycles. The van der Waals surface area contributed by atoms with E-state index in [1.807, 2.05) is 19.1 Å². The van der Waals surface area contributed by atoms with Crippen molar-refractivity contribution in [2.75, 3.05) is 5.32 Å². The van der Waals surface area contributed by atoms with Gasteiger partial charge in [-0.3, -0.25) is 4.79 Å². The van der Waals surface area contributed by atoms with Crippen molar-refractivity contribution in [3.63, 3.8) is 0 Å². The highest BCUT2D eigenvalue weighted by Gasteiger charge is 2.34. The summed E-state index contributed by atoms with van der Waals surface area (Å²) in [5.41, 5.74) is -0.314. The highest BCUT2D eigenvalue weighted by Crippen LogP contribution is 2.34. The first kappa shape index (κ1) is 17.8. The molecule has 128 valence electrons. The predicted molar refractivity (Wildman–Crippen MR) is 86.0 cm³/mol. The molecule has 0 aliphatic heterocycles. The molecule has 24 heavy (non-hydrogen) atoms. The molecule has 0 unspecified atom stereocenters. The van der Waals surface area contributed by atoms with Gasteiger partial charge in [-0.05, 0) is 37.1 Å². The molecular weight excluding hydrogens is 319 g/mol. The molecule has 3 nitrogen and oxygen atoms in total. The molecular formula is C18H18F3NO2. The van der Waals surface area contributed by atoms with Crippen LogP contribution in [0.5, 0.6) is 5.75 Å². The summed E-state index contributed by atoms with van der Waals surface area (Å²) >= 11 is 0. The van der Waals surface area contributed by atoms with Gasteiger partial charge in [0.05, 0.1) is 11.3 Å². The molecule has 0 fully saturated rings. The van der Waals surface area contributed by atoms with Crippen LogP contribution in [-0.2, 0) is 11.0 Å². The number of aryl methyl sites for hydroxylation is 1. The van der Waals surface area contributed by atoms with E-state index in [1.165, 1.54) is 18.2 Å². The van der Waals surface area contributed by atoms with Gasteiger partial charge < -0.3 is 10.1 Å². The lowest BCUT2D eigenvalue weighted by Gasteiger charge is -2.20. The van der Waals surface area contributed by atoms with Crippen molar-refractivity contribution in [3.8, 4) is 5.75 Å². The smallest absolute Gasteiger partial charge is 0.418 e.